The molecule has 0 saturated heterocycles. The third-order valence-corrected chi connectivity index (χ3v) is 4.29. The zero-order chi connectivity index (χ0) is 24.4. The van der Waals surface area contributed by atoms with Crippen LogP contribution in [0.4, 0.5) is 0 Å². The SMILES string of the molecule is CC(=O)c1ccc(C(=O)N(C)C)cc1.CN(C)/C=C/C(=O)c1ccc(C(=O)N(C)C)cc1. The summed E-state index contributed by atoms with van der Waals surface area (Å²) in [5.41, 5.74) is 2.37. The van der Waals surface area contributed by atoms with Crippen molar-refractivity contribution in [2.75, 3.05) is 42.3 Å². The molecule has 0 N–H and O–H groups in total. The first-order valence-corrected chi connectivity index (χ1v) is 9.97. The first-order chi connectivity index (χ1) is 14.9. The lowest BCUT2D eigenvalue weighted by Gasteiger charge is -2.10. The van der Waals surface area contributed by atoms with E-state index in [1.807, 2.05) is 14.1 Å². The van der Waals surface area contributed by atoms with Crippen LogP contribution >= 0.6 is 0 Å². The Labute approximate surface area is 189 Å². The number of Topliss-reactive ketones (excluding diaryl/α,β-unsaturated/α-hetero) is 1. The van der Waals surface area contributed by atoms with E-state index in [0.29, 0.717) is 22.3 Å². The Hall–Kier alpha value is -3.74. The van der Waals surface area contributed by atoms with Crippen molar-refractivity contribution in [1.29, 1.82) is 0 Å². The molecule has 0 saturated carbocycles. The van der Waals surface area contributed by atoms with Gasteiger partial charge in [0.2, 0.25) is 0 Å². The third-order valence-electron chi connectivity index (χ3n) is 4.29. The van der Waals surface area contributed by atoms with Gasteiger partial charge in [-0.15, -0.1) is 0 Å². The Bertz CT molecular complexity index is 973. The van der Waals surface area contributed by atoms with Gasteiger partial charge in [-0.1, -0.05) is 24.3 Å². The minimum absolute atomic E-state index is 0.00820. The molecule has 2 amide bonds. The van der Waals surface area contributed by atoms with Crippen LogP contribution in [0, 0.1) is 0 Å². The largest absolute Gasteiger partial charge is 0.383 e. The number of hydrogen-bond acceptors (Lipinski definition) is 5. The molecule has 0 bridgehead atoms. The minimum Gasteiger partial charge on any atom is -0.383 e. The third kappa shape index (κ3) is 8.18. The van der Waals surface area contributed by atoms with Gasteiger partial charge >= 0.3 is 0 Å². The monoisotopic (exact) mass is 437 g/mol. The Kier molecular flexibility index (Phi) is 10.0. The molecule has 0 spiro atoms. The van der Waals surface area contributed by atoms with Gasteiger partial charge in [0.05, 0.1) is 0 Å². The molecule has 170 valence electrons. The highest BCUT2D eigenvalue weighted by Crippen LogP contribution is 2.08. The summed E-state index contributed by atoms with van der Waals surface area (Å²) in [6.45, 7) is 1.50. The molecular weight excluding hydrogens is 406 g/mol. The summed E-state index contributed by atoms with van der Waals surface area (Å²) < 4.78 is 0. The molecule has 0 heterocycles. The summed E-state index contributed by atoms with van der Waals surface area (Å²) in [4.78, 5) is 50.6. The quantitative estimate of drug-likeness (QED) is 0.512. The van der Waals surface area contributed by atoms with E-state index in [9.17, 15) is 19.2 Å². The Morgan fingerprint density at radius 1 is 0.594 bits per heavy atom. The van der Waals surface area contributed by atoms with Crippen molar-refractivity contribution in [2.24, 2.45) is 0 Å². The number of hydrogen-bond donors (Lipinski definition) is 0. The number of ketones is 2. The standard InChI is InChI=1S/C14H18N2O2.C11H13NO2/c1-15(2)10-9-13(17)11-5-7-12(8-6-11)14(18)16(3)4;1-8(13)9-4-6-10(7-5-9)11(14)12(2)3/h5-10H,1-4H3;4-7H,1-3H3/b10-9+;. The molecule has 0 aliphatic carbocycles. The Morgan fingerprint density at radius 3 is 1.25 bits per heavy atom. The van der Waals surface area contributed by atoms with E-state index in [1.165, 1.54) is 22.8 Å². The first kappa shape index (κ1) is 26.3. The maximum atomic E-state index is 11.8. The second-order valence-electron chi connectivity index (χ2n) is 7.75. The molecule has 0 aromatic heterocycles. The summed E-state index contributed by atoms with van der Waals surface area (Å²) in [5, 5.41) is 0. The summed E-state index contributed by atoms with van der Waals surface area (Å²) in [6.07, 6.45) is 3.20. The fourth-order valence-corrected chi connectivity index (χ4v) is 2.45. The molecular formula is C25H31N3O4. The molecule has 7 heteroatoms. The first-order valence-electron chi connectivity index (χ1n) is 9.97. The number of carbonyl (C=O) groups is 4. The molecule has 0 radical (unpaired) electrons. The van der Waals surface area contributed by atoms with Crippen LogP contribution in [0.15, 0.2) is 60.8 Å². The highest BCUT2D eigenvalue weighted by atomic mass is 16.2. The second kappa shape index (κ2) is 12.2. The molecule has 0 aliphatic rings. The summed E-state index contributed by atoms with van der Waals surface area (Å²) >= 11 is 0. The molecule has 2 aromatic rings. The van der Waals surface area contributed by atoms with E-state index in [2.05, 4.69) is 0 Å². The average molecular weight is 438 g/mol. The van der Waals surface area contributed by atoms with E-state index in [4.69, 9.17) is 0 Å². The second-order valence-corrected chi connectivity index (χ2v) is 7.75. The van der Waals surface area contributed by atoms with Gasteiger partial charge in [0.1, 0.15) is 0 Å². The van der Waals surface area contributed by atoms with Crippen LogP contribution in [0.25, 0.3) is 0 Å². The molecule has 32 heavy (non-hydrogen) atoms. The van der Waals surface area contributed by atoms with Crippen molar-refractivity contribution in [3.63, 3.8) is 0 Å². The van der Waals surface area contributed by atoms with Gasteiger partial charge < -0.3 is 14.7 Å². The molecule has 0 unspecified atom stereocenters. The zero-order valence-corrected chi connectivity index (χ0v) is 19.7. The van der Waals surface area contributed by atoms with Crippen molar-refractivity contribution in [1.82, 2.24) is 14.7 Å². The van der Waals surface area contributed by atoms with Crippen LogP contribution in [0.5, 0.6) is 0 Å². The van der Waals surface area contributed by atoms with E-state index >= 15 is 0 Å². The van der Waals surface area contributed by atoms with E-state index in [1.54, 1.807) is 87.8 Å². The Balaban J connectivity index is 0.000000330. The lowest BCUT2D eigenvalue weighted by molar-refractivity contribution is 0.0820. The number of carbonyl (C=O) groups excluding carboxylic acids is 4. The molecule has 2 aromatic carbocycles. The van der Waals surface area contributed by atoms with Crippen molar-refractivity contribution in [3.8, 4) is 0 Å². The molecule has 0 atom stereocenters. The van der Waals surface area contributed by atoms with Crippen LogP contribution in [0.1, 0.15) is 48.4 Å². The predicted octanol–water partition coefficient (Wildman–Crippen LogP) is 3.24. The van der Waals surface area contributed by atoms with Gasteiger partial charge in [-0.25, -0.2) is 0 Å². The lowest BCUT2D eigenvalue weighted by atomic mass is 10.1. The highest BCUT2D eigenvalue weighted by molar-refractivity contribution is 6.05. The van der Waals surface area contributed by atoms with Gasteiger partial charge in [-0.05, 0) is 31.2 Å². The normalized spacial score (nSPS) is 10.1. The maximum Gasteiger partial charge on any atom is 0.253 e. The van der Waals surface area contributed by atoms with Gasteiger partial charge in [0, 0.05) is 76.8 Å². The number of allylic oxidation sites excluding steroid dienone is 1. The number of amides is 2. The predicted molar refractivity (Wildman–Crippen MR) is 126 cm³/mol. The average Bonchev–Trinajstić information content (AvgIpc) is 2.76. The van der Waals surface area contributed by atoms with Crippen LogP contribution in [0.3, 0.4) is 0 Å². The van der Waals surface area contributed by atoms with Crippen LogP contribution < -0.4 is 0 Å². The van der Waals surface area contributed by atoms with E-state index in [0.717, 1.165) is 0 Å². The van der Waals surface area contributed by atoms with Crippen molar-refractivity contribution in [3.05, 3.63) is 83.1 Å². The van der Waals surface area contributed by atoms with E-state index in [-0.39, 0.29) is 23.4 Å². The zero-order valence-electron chi connectivity index (χ0n) is 19.7. The molecule has 7 nitrogen and oxygen atoms in total. The van der Waals surface area contributed by atoms with Crippen LogP contribution in [-0.2, 0) is 0 Å². The van der Waals surface area contributed by atoms with Crippen molar-refractivity contribution >= 4 is 23.4 Å². The Morgan fingerprint density at radius 2 is 0.938 bits per heavy atom. The number of nitrogens with zero attached hydrogens (tertiary/aromatic N) is 3. The van der Waals surface area contributed by atoms with Crippen LogP contribution in [-0.4, -0.2) is 80.4 Å². The highest BCUT2D eigenvalue weighted by Gasteiger charge is 2.09. The molecule has 0 fully saturated rings. The van der Waals surface area contributed by atoms with Gasteiger partial charge in [-0.3, -0.25) is 19.2 Å². The molecule has 0 aliphatic heterocycles. The van der Waals surface area contributed by atoms with Crippen molar-refractivity contribution in [2.45, 2.75) is 6.92 Å². The van der Waals surface area contributed by atoms with Crippen LogP contribution in [0.2, 0.25) is 0 Å². The van der Waals surface area contributed by atoms with E-state index < -0.39 is 0 Å². The lowest BCUT2D eigenvalue weighted by Crippen LogP contribution is -2.21. The topological polar surface area (TPSA) is 78.0 Å². The molecule has 2 rings (SSSR count). The summed E-state index contributed by atoms with van der Waals surface area (Å²) in [5.74, 6) is -0.195. The fraction of sp³-hybridized carbons (Fsp3) is 0.280. The summed E-state index contributed by atoms with van der Waals surface area (Å²) in [7, 11) is 10.5. The number of rotatable bonds is 6. The fourth-order valence-electron chi connectivity index (χ4n) is 2.45. The number of benzene rings is 2. The van der Waals surface area contributed by atoms with Gasteiger partial charge in [0.15, 0.2) is 11.6 Å². The van der Waals surface area contributed by atoms with Crippen molar-refractivity contribution < 1.29 is 19.2 Å². The van der Waals surface area contributed by atoms with Gasteiger partial charge in [-0.2, -0.15) is 0 Å². The maximum absolute atomic E-state index is 11.8. The smallest absolute Gasteiger partial charge is 0.253 e. The summed E-state index contributed by atoms with van der Waals surface area (Å²) in [6, 6.07) is 13.3. The minimum atomic E-state index is -0.0763. The van der Waals surface area contributed by atoms with Gasteiger partial charge in [0.25, 0.3) is 11.8 Å².